The Kier molecular flexibility index (Phi) is 68.6. The van der Waals surface area contributed by atoms with Crippen LogP contribution in [-0.4, -0.2) is 37.2 Å². The van der Waals surface area contributed by atoms with Gasteiger partial charge in [0, 0.05) is 12.8 Å². The molecule has 0 N–H and O–H groups in total. The van der Waals surface area contributed by atoms with Gasteiger partial charge in [-0.1, -0.05) is 363 Å². The number of hydrogen-bond acceptors (Lipinski definition) is 6. The van der Waals surface area contributed by atoms with Gasteiger partial charge in [-0.15, -0.1) is 0 Å². The second-order valence-electron chi connectivity index (χ2n) is 24.5. The van der Waals surface area contributed by atoms with Crippen LogP contribution in [0.5, 0.6) is 0 Å². The number of unbranched alkanes of at least 4 members (excludes halogenated alkanes) is 45. The maximum Gasteiger partial charge on any atom is 0.309 e. The van der Waals surface area contributed by atoms with Gasteiger partial charge in [0.05, 0.1) is 6.42 Å². The summed E-state index contributed by atoms with van der Waals surface area (Å²) in [6, 6.07) is 0. The highest BCUT2D eigenvalue weighted by molar-refractivity contribution is 5.72. The van der Waals surface area contributed by atoms with Crippen molar-refractivity contribution < 1.29 is 28.6 Å². The molecule has 0 aromatic rings. The molecular weight excluding hydrogens is 1020 g/mol. The molecule has 0 aromatic heterocycles. The van der Waals surface area contributed by atoms with Crippen molar-refractivity contribution in [3.63, 3.8) is 0 Å². The molecule has 0 aliphatic heterocycles. The van der Waals surface area contributed by atoms with Crippen LogP contribution in [0.3, 0.4) is 0 Å². The molecule has 0 radical (unpaired) electrons. The minimum Gasteiger partial charge on any atom is -0.462 e. The molecule has 0 aliphatic carbocycles. The predicted octanol–water partition coefficient (Wildman–Crippen LogP) is 25.2. The first-order valence-corrected chi connectivity index (χ1v) is 36.4. The Morgan fingerprint density at radius 2 is 0.518 bits per heavy atom. The van der Waals surface area contributed by atoms with Crippen molar-refractivity contribution >= 4 is 17.9 Å². The van der Waals surface area contributed by atoms with Gasteiger partial charge in [-0.05, 0) is 70.6 Å². The summed E-state index contributed by atoms with van der Waals surface area (Å²) in [5.74, 6) is -1.02. The third-order valence-corrected chi connectivity index (χ3v) is 16.2. The fourth-order valence-corrected chi connectivity index (χ4v) is 10.8. The number of allylic oxidation sites excluding steroid dienone is 11. The third kappa shape index (κ3) is 69.5. The lowest BCUT2D eigenvalue weighted by atomic mass is 10.0. The average molecular weight is 1160 g/mol. The molecule has 0 aromatic carbocycles. The Labute approximate surface area is 516 Å². The van der Waals surface area contributed by atoms with E-state index >= 15 is 0 Å². The van der Waals surface area contributed by atoms with Crippen molar-refractivity contribution in [1.29, 1.82) is 0 Å². The van der Waals surface area contributed by atoms with Crippen LogP contribution < -0.4 is 0 Å². The molecule has 0 saturated carbocycles. The quantitative estimate of drug-likeness (QED) is 0.0261. The highest BCUT2D eigenvalue weighted by Gasteiger charge is 2.19. The lowest BCUT2D eigenvalue weighted by molar-refractivity contribution is -0.166. The van der Waals surface area contributed by atoms with E-state index in [0.717, 1.165) is 70.6 Å². The Balaban J connectivity index is 4.28. The lowest BCUT2D eigenvalue weighted by Crippen LogP contribution is -2.30. The SMILES string of the molecule is CC/C=C\C/C=C\C/C=C\C/C=C\C/C=C\CC(=O)OCC(COC(=O)CCCCCCCCCCCCCCCCCCCCCCCCCCCCCCC)OC(=O)CCCCCCCCCCC/C=C\CCCCCCCCCC. The number of carbonyl (C=O) groups excluding carboxylic acids is 3. The number of rotatable bonds is 67. The second kappa shape index (κ2) is 71.3. The Bertz CT molecular complexity index is 1520. The van der Waals surface area contributed by atoms with Crippen LogP contribution in [0.25, 0.3) is 0 Å². The van der Waals surface area contributed by atoms with Crippen LogP contribution in [0, 0.1) is 0 Å². The topological polar surface area (TPSA) is 78.9 Å². The van der Waals surface area contributed by atoms with E-state index in [0.29, 0.717) is 12.8 Å². The van der Waals surface area contributed by atoms with Crippen molar-refractivity contribution in [3.05, 3.63) is 72.9 Å². The zero-order chi connectivity index (χ0) is 59.9. The minimum atomic E-state index is -0.817. The monoisotopic (exact) mass is 1160 g/mol. The summed E-state index contributed by atoms with van der Waals surface area (Å²) in [5, 5.41) is 0. The molecule has 0 heterocycles. The Hall–Kier alpha value is -3.15. The molecule has 0 aliphatic rings. The minimum absolute atomic E-state index is 0.102. The predicted molar refractivity (Wildman–Crippen MR) is 362 cm³/mol. The molecule has 0 fully saturated rings. The summed E-state index contributed by atoms with van der Waals surface area (Å²) in [7, 11) is 0. The van der Waals surface area contributed by atoms with E-state index in [-0.39, 0.29) is 31.6 Å². The van der Waals surface area contributed by atoms with Gasteiger partial charge in [-0.2, -0.15) is 0 Å². The van der Waals surface area contributed by atoms with Gasteiger partial charge < -0.3 is 14.2 Å². The van der Waals surface area contributed by atoms with Crippen molar-refractivity contribution in [2.24, 2.45) is 0 Å². The zero-order valence-electron chi connectivity index (χ0n) is 55.5. The second-order valence-corrected chi connectivity index (χ2v) is 24.5. The van der Waals surface area contributed by atoms with E-state index in [1.54, 1.807) is 0 Å². The first kappa shape index (κ1) is 79.8. The largest absolute Gasteiger partial charge is 0.462 e. The molecular formula is C77H138O6. The van der Waals surface area contributed by atoms with Gasteiger partial charge >= 0.3 is 17.9 Å². The van der Waals surface area contributed by atoms with Crippen LogP contribution in [-0.2, 0) is 28.6 Å². The number of hydrogen-bond donors (Lipinski definition) is 0. The smallest absolute Gasteiger partial charge is 0.309 e. The van der Waals surface area contributed by atoms with Crippen LogP contribution in [0.1, 0.15) is 380 Å². The van der Waals surface area contributed by atoms with E-state index in [2.05, 4.69) is 81.5 Å². The van der Waals surface area contributed by atoms with E-state index in [4.69, 9.17) is 14.2 Å². The van der Waals surface area contributed by atoms with E-state index in [1.165, 1.54) is 270 Å². The maximum absolute atomic E-state index is 12.9. The summed E-state index contributed by atoms with van der Waals surface area (Å²) in [4.78, 5) is 38.4. The van der Waals surface area contributed by atoms with Crippen molar-refractivity contribution in [1.82, 2.24) is 0 Å². The van der Waals surface area contributed by atoms with Gasteiger partial charge in [-0.25, -0.2) is 0 Å². The molecule has 1 atom stereocenters. The number of esters is 3. The molecule has 482 valence electrons. The summed E-state index contributed by atoms with van der Waals surface area (Å²) in [5.41, 5.74) is 0. The zero-order valence-corrected chi connectivity index (χ0v) is 55.5. The maximum atomic E-state index is 12.9. The van der Waals surface area contributed by atoms with Gasteiger partial charge in [0.15, 0.2) is 6.10 Å². The molecule has 83 heavy (non-hydrogen) atoms. The highest BCUT2D eigenvalue weighted by atomic mass is 16.6. The third-order valence-electron chi connectivity index (χ3n) is 16.2. The van der Waals surface area contributed by atoms with Crippen molar-refractivity contribution in [2.75, 3.05) is 13.2 Å². The fraction of sp³-hybridized carbons (Fsp3) is 0.805. The fourth-order valence-electron chi connectivity index (χ4n) is 10.8. The van der Waals surface area contributed by atoms with Crippen LogP contribution >= 0.6 is 0 Å². The van der Waals surface area contributed by atoms with Crippen molar-refractivity contribution in [3.8, 4) is 0 Å². The molecule has 0 spiro atoms. The standard InChI is InChI=1S/C77H138O6/c1-4-7-10-13-16-19-22-25-28-30-32-34-35-36-37-38-39-40-41-43-44-46-49-52-55-58-61-64-67-70-76(79)82-73-74(72-81-75(78)69-66-63-60-57-54-51-48-27-24-21-18-15-12-9-6-3)83-77(80)71-68-65-62-59-56-53-50-47-45-42-33-31-29-26-23-20-17-14-11-8-5-2/h9,12,18,21,27,31,33,48,54,57,63,66,74H,4-8,10-11,13-17,19-20,22-26,28-30,32,34-47,49-53,55-56,58-62,64-65,67-73H2,1-3H3/b12-9-,21-18-,33-31-,48-27-,57-54-,66-63-. The van der Waals surface area contributed by atoms with E-state index < -0.39 is 12.1 Å². The first-order chi connectivity index (χ1) is 41.0. The van der Waals surface area contributed by atoms with Crippen molar-refractivity contribution in [2.45, 2.75) is 386 Å². The molecule has 0 saturated heterocycles. The lowest BCUT2D eigenvalue weighted by Gasteiger charge is -2.18. The normalized spacial score (nSPS) is 12.5. The molecule has 6 heteroatoms. The van der Waals surface area contributed by atoms with E-state index in [9.17, 15) is 14.4 Å². The van der Waals surface area contributed by atoms with Gasteiger partial charge in [-0.3, -0.25) is 14.4 Å². The summed E-state index contributed by atoms with van der Waals surface area (Å²) in [6.07, 6.45) is 94.1. The Morgan fingerprint density at radius 3 is 0.831 bits per heavy atom. The Morgan fingerprint density at radius 1 is 0.265 bits per heavy atom. The summed E-state index contributed by atoms with van der Waals surface area (Å²) in [6.45, 7) is 6.50. The van der Waals surface area contributed by atoms with Gasteiger partial charge in [0.1, 0.15) is 13.2 Å². The molecule has 0 amide bonds. The number of carbonyl (C=O) groups is 3. The highest BCUT2D eigenvalue weighted by Crippen LogP contribution is 2.19. The van der Waals surface area contributed by atoms with Gasteiger partial charge in [0.2, 0.25) is 0 Å². The summed E-state index contributed by atoms with van der Waals surface area (Å²) < 4.78 is 16.9. The van der Waals surface area contributed by atoms with Crippen LogP contribution in [0.4, 0.5) is 0 Å². The first-order valence-electron chi connectivity index (χ1n) is 36.4. The van der Waals surface area contributed by atoms with Crippen LogP contribution in [0.2, 0.25) is 0 Å². The molecule has 6 nitrogen and oxygen atoms in total. The van der Waals surface area contributed by atoms with E-state index in [1.807, 2.05) is 12.2 Å². The average Bonchev–Trinajstić information content (AvgIpc) is 3.49. The van der Waals surface area contributed by atoms with Gasteiger partial charge in [0.25, 0.3) is 0 Å². The molecule has 1 unspecified atom stereocenters. The number of ether oxygens (including phenoxy) is 3. The molecule has 0 rings (SSSR count). The van der Waals surface area contributed by atoms with Crippen LogP contribution in [0.15, 0.2) is 72.9 Å². The molecule has 0 bridgehead atoms. The summed E-state index contributed by atoms with van der Waals surface area (Å²) >= 11 is 0.